The van der Waals surface area contributed by atoms with Crippen LogP contribution in [0, 0.1) is 0 Å². The lowest BCUT2D eigenvalue weighted by molar-refractivity contribution is 0.358. The molecule has 15 heavy (non-hydrogen) atoms. The van der Waals surface area contributed by atoms with E-state index in [4.69, 9.17) is 12.2 Å². The van der Waals surface area contributed by atoms with E-state index in [0.29, 0.717) is 5.11 Å². The molecule has 82 valence electrons. The number of hydrazine groups is 1. The highest BCUT2D eigenvalue weighted by atomic mass is 32.1. The highest BCUT2D eigenvalue weighted by Crippen LogP contribution is 2.10. The van der Waals surface area contributed by atoms with Crippen molar-refractivity contribution in [2.45, 2.75) is 13.0 Å². The van der Waals surface area contributed by atoms with Crippen LogP contribution in [-0.2, 0) is 0 Å². The molecule has 0 bridgehead atoms. The third-order valence-corrected chi connectivity index (χ3v) is 2.18. The lowest BCUT2D eigenvalue weighted by Gasteiger charge is -2.20. The van der Waals surface area contributed by atoms with Gasteiger partial charge in [0.15, 0.2) is 5.11 Å². The Labute approximate surface area is 96.4 Å². The number of benzene rings is 1. The summed E-state index contributed by atoms with van der Waals surface area (Å²) in [6.45, 7) is 2.08. The molecule has 0 saturated heterocycles. The molecule has 0 radical (unpaired) electrons. The van der Waals surface area contributed by atoms with Gasteiger partial charge in [-0.1, -0.05) is 30.3 Å². The first-order chi connectivity index (χ1) is 7.09. The van der Waals surface area contributed by atoms with Gasteiger partial charge in [0.1, 0.15) is 0 Å². The molecule has 0 aliphatic rings. The normalized spacial score (nSPS) is 12.3. The van der Waals surface area contributed by atoms with Gasteiger partial charge >= 0.3 is 0 Å². The average Bonchev–Trinajstić information content (AvgIpc) is 2.17. The Balaban J connectivity index is 2.49. The first-order valence-corrected chi connectivity index (χ1v) is 5.30. The molecular weight excluding hydrogens is 206 g/mol. The number of hydrogen-bond donors (Lipinski definition) is 2. The van der Waals surface area contributed by atoms with E-state index in [1.54, 1.807) is 0 Å². The van der Waals surface area contributed by atoms with E-state index in [-0.39, 0.29) is 6.04 Å². The molecule has 3 nitrogen and oxygen atoms in total. The van der Waals surface area contributed by atoms with E-state index in [2.05, 4.69) is 29.8 Å². The van der Waals surface area contributed by atoms with Crippen LogP contribution in [-0.4, -0.2) is 24.2 Å². The van der Waals surface area contributed by atoms with Crippen LogP contribution < -0.4 is 10.7 Å². The third kappa shape index (κ3) is 4.27. The molecule has 4 heteroatoms. The van der Waals surface area contributed by atoms with Gasteiger partial charge in [0, 0.05) is 14.1 Å². The molecular formula is C11H17N3S. The predicted molar refractivity (Wildman–Crippen MR) is 67.4 cm³/mol. The molecule has 1 unspecified atom stereocenters. The van der Waals surface area contributed by atoms with Crippen LogP contribution in [0.3, 0.4) is 0 Å². The number of hydrogen-bond acceptors (Lipinski definition) is 2. The standard InChI is InChI=1S/C11H17N3S/c1-9(10-7-5-4-6-8-10)12-11(15)13-14(2)3/h4-9H,1-3H3,(H2,12,13,15). The van der Waals surface area contributed by atoms with Crippen molar-refractivity contribution in [1.29, 1.82) is 0 Å². The zero-order valence-electron chi connectivity index (χ0n) is 9.32. The number of rotatable bonds is 3. The van der Waals surface area contributed by atoms with Gasteiger partial charge in [0.25, 0.3) is 0 Å². The Morgan fingerprint density at radius 3 is 2.40 bits per heavy atom. The summed E-state index contributed by atoms with van der Waals surface area (Å²) in [5.74, 6) is 0. The van der Waals surface area contributed by atoms with Crippen LogP contribution >= 0.6 is 12.2 Å². The van der Waals surface area contributed by atoms with E-state index in [1.165, 1.54) is 5.56 Å². The van der Waals surface area contributed by atoms with Crippen molar-refractivity contribution in [2.24, 2.45) is 0 Å². The molecule has 2 N–H and O–H groups in total. The third-order valence-electron chi connectivity index (χ3n) is 1.97. The minimum absolute atomic E-state index is 0.214. The fourth-order valence-electron chi connectivity index (χ4n) is 1.26. The van der Waals surface area contributed by atoms with Crippen LogP contribution in [0.5, 0.6) is 0 Å². The van der Waals surface area contributed by atoms with Crippen LogP contribution in [0.15, 0.2) is 30.3 Å². The molecule has 0 fully saturated rings. The fourth-order valence-corrected chi connectivity index (χ4v) is 1.62. The monoisotopic (exact) mass is 223 g/mol. The maximum atomic E-state index is 5.14. The lowest BCUT2D eigenvalue weighted by atomic mass is 10.1. The van der Waals surface area contributed by atoms with Crippen molar-refractivity contribution < 1.29 is 0 Å². The van der Waals surface area contributed by atoms with Crippen molar-refractivity contribution in [1.82, 2.24) is 15.8 Å². The van der Waals surface area contributed by atoms with Crippen molar-refractivity contribution in [2.75, 3.05) is 14.1 Å². The van der Waals surface area contributed by atoms with Gasteiger partial charge in [0.2, 0.25) is 0 Å². The molecule has 0 saturated carbocycles. The molecule has 1 rings (SSSR count). The summed E-state index contributed by atoms with van der Waals surface area (Å²) < 4.78 is 0. The van der Waals surface area contributed by atoms with Crippen molar-refractivity contribution in [3.05, 3.63) is 35.9 Å². The molecule has 0 heterocycles. The largest absolute Gasteiger partial charge is 0.355 e. The summed E-state index contributed by atoms with van der Waals surface area (Å²) in [5.41, 5.74) is 4.22. The van der Waals surface area contributed by atoms with Gasteiger partial charge in [-0.05, 0) is 24.7 Å². The molecule has 0 spiro atoms. The highest BCUT2D eigenvalue weighted by Gasteiger charge is 2.05. The second kappa shape index (κ2) is 5.68. The second-order valence-electron chi connectivity index (χ2n) is 3.61. The van der Waals surface area contributed by atoms with Gasteiger partial charge in [-0.25, -0.2) is 5.01 Å². The van der Waals surface area contributed by atoms with Gasteiger partial charge < -0.3 is 5.32 Å². The Bertz CT molecular complexity index is 311. The first kappa shape index (κ1) is 11.9. The number of thiocarbonyl (C=S) groups is 1. The molecule has 0 aliphatic heterocycles. The highest BCUT2D eigenvalue weighted by molar-refractivity contribution is 7.80. The van der Waals surface area contributed by atoms with E-state index in [9.17, 15) is 0 Å². The van der Waals surface area contributed by atoms with E-state index in [0.717, 1.165) is 0 Å². The summed E-state index contributed by atoms with van der Waals surface area (Å²) in [4.78, 5) is 0. The molecule has 1 aromatic rings. The molecule has 1 aromatic carbocycles. The van der Waals surface area contributed by atoms with Crippen LogP contribution in [0.2, 0.25) is 0 Å². The van der Waals surface area contributed by atoms with Gasteiger partial charge in [-0.15, -0.1) is 0 Å². The van der Waals surface area contributed by atoms with E-state index in [1.807, 2.05) is 37.3 Å². The van der Waals surface area contributed by atoms with E-state index >= 15 is 0 Å². The smallest absolute Gasteiger partial charge is 0.181 e. The Hall–Kier alpha value is -1.13. The Morgan fingerprint density at radius 1 is 1.27 bits per heavy atom. The fraction of sp³-hybridized carbons (Fsp3) is 0.364. The maximum absolute atomic E-state index is 5.14. The van der Waals surface area contributed by atoms with Gasteiger partial charge in [-0.3, -0.25) is 5.43 Å². The summed E-state index contributed by atoms with van der Waals surface area (Å²) in [6, 6.07) is 10.4. The topological polar surface area (TPSA) is 27.3 Å². The Morgan fingerprint density at radius 2 is 1.87 bits per heavy atom. The van der Waals surface area contributed by atoms with Crippen LogP contribution in [0.1, 0.15) is 18.5 Å². The Kier molecular flexibility index (Phi) is 4.52. The van der Waals surface area contributed by atoms with Gasteiger partial charge in [-0.2, -0.15) is 0 Å². The SMILES string of the molecule is CC(NC(=S)NN(C)C)c1ccccc1. The number of nitrogens with one attached hydrogen (secondary N) is 2. The van der Waals surface area contributed by atoms with E-state index < -0.39 is 0 Å². The van der Waals surface area contributed by atoms with Crippen LogP contribution in [0.25, 0.3) is 0 Å². The predicted octanol–water partition coefficient (Wildman–Crippen LogP) is 1.69. The lowest BCUT2D eigenvalue weighted by Crippen LogP contribution is -2.43. The van der Waals surface area contributed by atoms with Crippen molar-refractivity contribution in [3.63, 3.8) is 0 Å². The summed E-state index contributed by atoms with van der Waals surface area (Å²) in [7, 11) is 3.81. The van der Waals surface area contributed by atoms with Gasteiger partial charge in [0.05, 0.1) is 6.04 Å². The molecule has 0 aliphatic carbocycles. The minimum Gasteiger partial charge on any atom is -0.355 e. The summed E-state index contributed by atoms with van der Waals surface area (Å²) >= 11 is 5.14. The number of nitrogens with zero attached hydrogens (tertiary/aromatic N) is 1. The molecule has 0 aromatic heterocycles. The maximum Gasteiger partial charge on any atom is 0.181 e. The van der Waals surface area contributed by atoms with Crippen molar-refractivity contribution >= 4 is 17.3 Å². The minimum atomic E-state index is 0.214. The first-order valence-electron chi connectivity index (χ1n) is 4.89. The summed E-state index contributed by atoms with van der Waals surface area (Å²) in [6.07, 6.45) is 0. The average molecular weight is 223 g/mol. The van der Waals surface area contributed by atoms with Crippen molar-refractivity contribution in [3.8, 4) is 0 Å². The summed E-state index contributed by atoms with van der Waals surface area (Å²) in [5, 5.41) is 5.65. The molecule has 0 amide bonds. The zero-order valence-corrected chi connectivity index (χ0v) is 10.1. The zero-order chi connectivity index (χ0) is 11.3. The molecule has 1 atom stereocenters. The van der Waals surface area contributed by atoms with Crippen LogP contribution in [0.4, 0.5) is 0 Å². The quantitative estimate of drug-likeness (QED) is 0.602. The second-order valence-corrected chi connectivity index (χ2v) is 4.02.